The molecule has 1 aliphatic heterocycles. The Bertz CT molecular complexity index is 560. The number of ether oxygens (including phenoxy) is 3. The van der Waals surface area contributed by atoms with Gasteiger partial charge in [-0.05, 0) is 12.5 Å². The number of aryl methyl sites for hydroxylation is 1. The van der Waals surface area contributed by atoms with Crippen LogP contribution in [0.1, 0.15) is 23.0 Å². The van der Waals surface area contributed by atoms with Gasteiger partial charge >= 0.3 is 0 Å². The quantitative estimate of drug-likeness (QED) is 0.858. The van der Waals surface area contributed by atoms with E-state index in [1.165, 1.54) is 11.1 Å². The summed E-state index contributed by atoms with van der Waals surface area (Å²) in [4.78, 5) is 0. The van der Waals surface area contributed by atoms with Crippen molar-refractivity contribution in [3.8, 4) is 0 Å². The molecule has 110 valence electrons. The minimum absolute atomic E-state index is 0.00809. The molecule has 3 nitrogen and oxygen atoms in total. The molecule has 0 radical (unpaired) electrons. The summed E-state index contributed by atoms with van der Waals surface area (Å²) in [5, 5.41) is 0. The van der Waals surface area contributed by atoms with E-state index in [9.17, 15) is 0 Å². The van der Waals surface area contributed by atoms with Crippen LogP contribution in [-0.2, 0) is 20.8 Å². The van der Waals surface area contributed by atoms with Crippen molar-refractivity contribution in [3.63, 3.8) is 0 Å². The van der Waals surface area contributed by atoms with Crippen molar-refractivity contribution in [1.29, 1.82) is 0 Å². The zero-order valence-corrected chi connectivity index (χ0v) is 12.2. The van der Waals surface area contributed by atoms with E-state index in [1.807, 2.05) is 30.3 Å². The van der Waals surface area contributed by atoms with Crippen molar-refractivity contribution in [1.82, 2.24) is 0 Å². The van der Waals surface area contributed by atoms with E-state index in [-0.39, 0.29) is 12.4 Å². The van der Waals surface area contributed by atoms with Gasteiger partial charge in [0, 0.05) is 5.56 Å². The maximum atomic E-state index is 5.83. The zero-order valence-electron chi connectivity index (χ0n) is 12.2. The second kappa shape index (κ2) is 6.85. The van der Waals surface area contributed by atoms with Crippen LogP contribution in [0.3, 0.4) is 0 Å². The first kappa shape index (κ1) is 14.3. The normalized spacial score (nSPS) is 22.1. The summed E-state index contributed by atoms with van der Waals surface area (Å²) in [6.07, 6.45) is -0.284. The van der Waals surface area contributed by atoms with Crippen molar-refractivity contribution < 1.29 is 14.2 Å². The molecule has 21 heavy (non-hydrogen) atoms. The van der Waals surface area contributed by atoms with Crippen LogP contribution in [0.2, 0.25) is 0 Å². The van der Waals surface area contributed by atoms with Gasteiger partial charge in [-0.2, -0.15) is 0 Å². The zero-order chi connectivity index (χ0) is 14.5. The molecule has 3 heteroatoms. The molecule has 3 rings (SSSR count). The third-order valence-electron chi connectivity index (χ3n) is 3.51. The standard InChI is InChI=1S/C18H20O3/c1-14-6-5-9-16(10-14)18-20-12-17(13-21-18)19-11-15-7-3-2-4-8-15/h2-10,17-18H,11-13H2,1H3. The van der Waals surface area contributed by atoms with Gasteiger partial charge in [-0.3, -0.25) is 0 Å². The molecule has 2 aromatic rings. The Morgan fingerprint density at radius 2 is 1.76 bits per heavy atom. The van der Waals surface area contributed by atoms with Crippen LogP contribution in [0.25, 0.3) is 0 Å². The molecule has 0 N–H and O–H groups in total. The Morgan fingerprint density at radius 1 is 1.00 bits per heavy atom. The average molecular weight is 284 g/mol. The van der Waals surface area contributed by atoms with Crippen LogP contribution in [0.5, 0.6) is 0 Å². The van der Waals surface area contributed by atoms with Crippen LogP contribution < -0.4 is 0 Å². The molecule has 0 aliphatic carbocycles. The van der Waals surface area contributed by atoms with Crippen LogP contribution >= 0.6 is 0 Å². The topological polar surface area (TPSA) is 27.7 Å². The second-order valence-corrected chi connectivity index (χ2v) is 5.33. The van der Waals surface area contributed by atoms with Crippen LogP contribution in [0.4, 0.5) is 0 Å². The third kappa shape index (κ3) is 3.91. The summed E-state index contributed by atoms with van der Waals surface area (Å²) < 4.78 is 17.4. The fourth-order valence-corrected chi connectivity index (χ4v) is 2.38. The molecular weight excluding hydrogens is 264 g/mol. The van der Waals surface area contributed by atoms with Crippen molar-refractivity contribution in [2.75, 3.05) is 13.2 Å². The van der Waals surface area contributed by atoms with Crippen LogP contribution in [-0.4, -0.2) is 19.3 Å². The average Bonchev–Trinajstić information content (AvgIpc) is 2.54. The number of hydrogen-bond donors (Lipinski definition) is 0. The minimum Gasteiger partial charge on any atom is -0.369 e. The lowest BCUT2D eigenvalue weighted by Crippen LogP contribution is -2.33. The Balaban J connectivity index is 1.49. The highest BCUT2D eigenvalue weighted by Gasteiger charge is 2.24. The van der Waals surface area contributed by atoms with Crippen LogP contribution in [0, 0.1) is 6.92 Å². The van der Waals surface area contributed by atoms with E-state index in [0.717, 1.165) is 5.56 Å². The predicted octanol–water partition coefficient (Wildman–Crippen LogP) is 3.63. The maximum absolute atomic E-state index is 5.83. The van der Waals surface area contributed by atoms with Gasteiger partial charge in [0.2, 0.25) is 0 Å². The van der Waals surface area contributed by atoms with Gasteiger partial charge in [0.1, 0.15) is 6.10 Å². The summed E-state index contributed by atoms with van der Waals surface area (Å²) in [5.74, 6) is 0. The first-order valence-corrected chi connectivity index (χ1v) is 7.26. The lowest BCUT2D eigenvalue weighted by molar-refractivity contribution is -0.232. The molecule has 0 amide bonds. The Kier molecular flexibility index (Phi) is 4.65. The lowest BCUT2D eigenvalue weighted by atomic mass is 10.1. The maximum Gasteiger partial charge on any atom is 0.184 e. The monoisotopic (exact) mass is 284 g/mol. The molecule has 0 atom stereocenters. The SMILES string of the molecule is Cc1cccc(C2OCC(OCc3ccccc3)CO2)c1. The summed E-state index contributed by atoms with van der Waals surface area (Å²) in [7, 11) is 0. The van der Waals surface area contributed by atoms with Gasteiger partial charge in [0.05, 0.1) is 19.8 Å². The summed E-state index contributed by atoms with van der Waals surface area (Å²) in [6, 6.07) is 18.4. The van der Waals surface area contributed by atoms with Crippen molar-refractivity contribution in [2.45, 2.75) is 25.9 Å². The molecule has 1 saturated heterocycles. The van der Waals surface area contributed by atoms with Crippen molar-refractivity contribution in [3.05, 3.63) is 71.3 Å². The fraction of sp³-hybridized carbons (Fsp3) is 0.333. The van der Waals surface area contributed by atoms with E-state index in [2.05, 4.69) is 31.2 Å². The molecular formula is C18H20O3. The molecule has 0 saturated carbocycles. The largest absolute Gasteiger partial charge is 0.369 e. The van der Waals surface area contributed by atoms with E-state index < -0.39 is 0 Å². The molecule has 2 aromatic carbocycles. The third-order valence-corrected chi connectivity index (χ3v) is 3.51. The van der Waals surface area contributed by atoms with E-state index in [4.69, 9.17) is 14.2 Å². The number of rotatable bonds is 4. The van der Waals surface area contributed by atoms with Gasteiger partial charge in [0.25, 0.3) is 0 Å². The van der Waals surface area contributed by atoms with Gasteiger partial charge in [0.15, 0.2) is 6.29 Å². The molecule has 1 fully saturated rings. The molecule has 1 aliphatic rings. The molecule has 0 spiro atoms. The van der Waals surface area contributed by atoms with Gasteiger partial charge in [-0.1, -0.05) is 60.2 Å². The van der Waals surface area contributed by atoms with E-state index in [0.29, 0.717) is 19.8 Å². The minimum atomic E-state index is -0.276. The summed E-state index contributed by atoms with van der Waals surface area (Å²) in [6.45, 7) is 3.78. The second-order valence-electron chi connectivity index (χ2n) is 5.33. The van der Waals surface area contributed by atoms with Gasteiger partial charge < -0.3 is 14.2 Å². The highest BCUT2D eigenvalue weighted by atomic mass is 16.7. The highest BCUT2D eigenvalue weighted by molar-refractivity contribution is 5.23. The Labute approximate surface area is 125 Å². The summed E-state index contributed by atoms with van der Waals surface area (Å²) in [5.41, 5.74) is 3.44. The molecule has 0 unspecified atom stereocenters. The first-order chi connectivity index (χ1) is 10.3. The van der Waals surface area contributed by atoms with E-state index in [1.54, 1.807) is 0 Å². The van der Waals surface area contributed by atoms with Crippen LogP contribution in [0.15, 0.2) is 54.6 Å². The van der Waals surface area contributed by atoms with Crippen molar-refractivity contribution in [2.24, 2.45) is 0 Å². The molecule has 0 bridgehead atoms. The Morgan fingerprint density at radius 3 is 2.48 bits per heavy atom. The van der Waals surface area contributed by atoms with Crippen molar-refractivity contribution >= 4 is 0 Å². The van der Waals surface area contributed by atoms with E-state index >= 15 is 0 Å². The smallest absolute Gasteiger partial charge is 0.184 e. The summed E-state index contributed by atoms with van der Waals surface area (Å²) >= 11 is 0. The highest BCUT2D eigenvalue weighted by Crippen LogP contribution is 2.24. The fourth-order valence-electron chi connectivity index (χ4n) is 2.38. The first-order valence-electron chi connectivity index (χ1n) is 7.26. The number of benzene rings is 2. The number of hydrogen-bond acceptors (Lipinski definition) is 3. The molecule has 1 heterocycles. The van der Waals surface area contributed by atoms with Gasteiger partial charge in [-0.25, -0.2) is 0 Å². The Hall–Kier alpha value is -1.68. The predicted molar refractivity (Wildman–Crippen MR) is 80.8 cm³/mol. The lowest BCUT2D eigenvalue weighted by Gasteiger charge is -2.29. The molecule has 0 aromatic heterocycles. The van der Waals surface area contributed by atoms with Gasteiger partial charge in [-0.15, -0.1) is 0 Å².